The van der Waals surface area contributed by atoms with Crippen LogP contribution in [-0.2, 0) is 0 Å². The average Bonchev–Trinajstić information content (AvgIpc) is 3.12. The molecule has 0 fully saturated rings. The largest absolute Gasteiger partial charge is 0.354 e. The molecule has 1 aromatic heterocycles. The maximum absolute atomic E-state index is 6.20. The number of aromatic nitrogens is 2. The molecule has 3 N–H and O–H groups in total. The fourth-order valence-electron chi connectivity index (χ4n) is 2.32. The van der Waals surface area contributed by atoms with E-state index in [1.165, 1.54) is 29.5 Å². The first-order valence-corrected chi connectivity index (χ1v) is 9.84. The van der Waals surface area contributed by atoms with E-state index < -0.39 is 0 Å². The third-order valence-corrected chi connectivity index (χ3v) is 4.48. The van der Waals surface area contributed by atoms with Gasteiger partial charge >= 0.3 is 0 Å². The molecule has 0 saturated carbocycles. The van der Waals surface area contributed by atoms with Crippen molar-refractivity contribution >= 4 is 47.9 Å². The zero-order valence-electron chi connectivity index (χ0n) is 15.0. The topological polar surface area (TPSA) is 91.8 Å². The lowest BCUT2D eigenvalue weighted by molar-refractivity contribution is 0.976. The van der Waals surface area contributed by atoms with Gasteiger partial charge in [-0.05, 0) is 17.4 Å². The van der Waals surface area contributed by atoms with Crippen LogP contribution in [0.5, 0.6) is 0 Å². The lowest BCUT2D eigenvalue weighted by Gasteiger charge is -2.15. The van der Waals surface area contributed by atoms with E-state index in [9.17, 15) is 0 Å². The first kappa shape index (κ1) is 20.1. The number of aliphatic imine (C=N–C) groups is 1. The molecule has 9 heteroatoms. The van der Waals surface area contributed by atoms with E-state index in [1.807, 2.05) is 60.2 Å². The number of nitrogens with two attached hydrogens (primary N) is 1. The number of nitrogens with one attached hydrogen (secondary N) is 1. The Bertz CT molecular complexity index is 870. The zero-order valence-corrected chi connectivity index (χ0v) is 16.6. The Balaban J connectivity index is 1.60. The summed E-state index contributed by atoms with van der Waals surface area (Å²) in [5, 5.41) is 6.74. The summed E-state index contributed by atoms with van der Waals surface area (Å²) in [5.74, 6) is 6.88. The van der Waals surface area contributed by atoms with Crippen LogP contribution in [0.1, 0.15) is 6.42 Å². The Morgan fingerprint density at radius 2 is 2.07 bits per heavy atom. The molecule has 0 unspecified atom stereocenters. The lowest BCUT2D eigenvalue weighted by Crippen LogP contribution is -2.31. The lowest BCUT2D eigenvalue weighted by atomic mass is 10.2. The molecule has 0 aromatic carbocycles. The van der Waals surface area contributed by atoms with Crippen LogP contribution in [0.25, 0.3) is 0 Å². The summed E-state index contributed by atoms with van der Waals surface area (Å²) in [6.07, 6.45) is 21.3. The highest BCUT2D eigenvalue weighted by atomic mass is 35.5. The molecule has 0 amide bonds. The maximum Gasteiger partial charge on any atom is 0.224 e. The minimum Gasteiger partial charge on any atom is -0.354 e. The minimum absolute atomic E-state index is 0.0963. The van der Waals surface area contributed by atoms with Gasteiger partial charge in [0.25, 0.3) is 0 Å². The number of rotatable bonds is 7. The van der Waals surface area contributed by atoms with E-state index in [0.717, 1.165) is 12.0 Å². The van der Waals surface area contributed by atoms with Crippen LogP contribution < -0.4 is 16.2 Å². The summed E-state index contributed by atoms with van der Waals surface area (Å²) < 4.78 is 4.20. The summed E-state index contributed by atoms with van der Waals surface area (Å²) in [7, 11) is 0. The Morgan fingerprint density at radius 1 is 1.25 bits per heavy atom. The predicted molar refractivity (Wildman–Crippen MR) is 120 cm³/mol. The van der Waals surface area contributed by atoms with Gasteiger partial charge in [0.15, 0.2) is 5.82 Å². The van der Waals surface area contributed by atoms with Gasteiger partial charge in [-0.15, -0.1) is 0 Å². The van der Waals surface area contributed by atoms with Crippen molar-refractivity contribution in [1.82, 2.24) is 9.97 Å². The molecule has 3 rings (SSSR count). The van der Waals surface area contributed by atoms with Crippen LogP contribution >= 0.6 is 23.5 Å². The van der Waals surface area contributed by atoms with E-state index in [2.05, 4.69) is 24.7 Å². The van der Waals surface area contributed by atoms with Crippen LogP contribution in [0.2, 0.25) is 5.02 Å². The van der Waals surface area contributed by atoms with Gasteiger partial charge < -0.3 is 5.32 Å². The molecular weight excluding hydrogens is 394 g/mol. The SMILES string of the molecule is NN(/C=N\C1C=CC=CC=C1)c1nc(NCCC2=CC=CSN=C2)ncc1Cl. The fraction of sp³-hybridized carbons (Fsp3) is 0.158. The summed E-state index contributed by atoms with van der Waals surface area (Å²) in [6.45, 7) is 0.654. The molecule has 0 bridgehead atoms. The fourth-order valence-corrected chi connectivity index (χ4v) is 2.92. The van der Waals surface area contributed by atoms with Crippen LogP contribution in [0.4, 0.5) is 11.8 Å². The highest BCUT2D eigenvalue weighted by Crippen LogP contribution is 2.21. The molecule has 28 heavy (non-hydrogen) atoms. The smallest absolute Gasteiger partial charge is 0.224 e. The van der Waals surface area contributed by atoms with E-state index >= 15 is 0 Å². The zero-order chi connectivity index (χ0) is 19.6. The van der Waals surface area contributed by atoms with Crippen molar-refractivity contribution in [3.63, 3.8) is 0 Å². The number of allylic oxidation sites excluding steroid dienone is 6. The maximum atomic E-state index is 6.20. The van der Waals surface area contributed by atoms with E-state index in [-0.39, 0.29) is 6.04 Å². The molecule has 0 saturated heterocycles. The van der Waals surface area contributed by atoms with Crippen LogP contribution in [0.15, 0.2) is 75.2 Å². The molecule has 1 aliphatic carbocycles. The normalized spacial score (nSPS) is 16.3. The molecule has 1 aliphatic heterocycles. The molecule has 2 aliphatic rings. The molecule has 0 atom stereocenters. The van der Waals surface area contributed by atoms with Crippen LogP contribution in [0, 0.1) is 0 Å². The highest BCUT2D eigenvalue weighted by molar-refractivity contribution is 8.01. The van der Waals surface area contributed by atoms with Crippen LogP contribution in [-0.4, -0.2) is 35.1 Å². The van der Waals surface area contributed by atoms with Crippen molar-refractivity contribution in [3.8, 4) is 0 Å². The Morgan fingerprint density at radius 3 is 2.89 bits per heavy atom. The second-order valence-electron chi connectivity index (χ2n) is 5.77. The van der Waals surface area contributed by atoms with Crippen molar-refractivity contribution in [2.45, 2.75) is 12.5 Å². The third-order valence-electron chi connectivity index (χ3n) is 3.71. The monoisotopic (exact) mass is 413 g/mol. The first-order valence-electron chi connectivity index (χ1n) is 8.62. The number of hydrogen-bond donors (Lipinski definition) is 2. The number of nitrogens with zero attached hydrogens (tertiary/aromatic N) is 5. The van der Waals surface area contributed by atoms with Gasteiger partial charge in [-0.3, -0.25) is 10.0 Å². The van der Waals surface area contributed by atoms with Gasteiger partial charge in [0.1, 0.15) is 11.4 Å². The van der Waals surface area contributed by atoms with Gasteiger partial charge in [0.05, 0.1) is 12.2 Å². The quantitative estimate of drug-likeness (QED) is 0.232. The highest BCUT2D eigenvalue weighted by Gasteiger charge is 2.10. The minimum atomic E-state index is -0.0963. The Labute approximate surface area is 173 Å². The van der Waals surface area contributed by atoms with Gasteiger partial charge in [0, 0.05) is 24.7 Å². The number of halogens is 1. The molecule has 2 heterocycles. The van der Waals surface area contributed by atoms with Crippen LogP contribution in [0.3, 0.4) is 0 Å². The second-order valence-corrected chi connectivity index (χ2v) is 6.87. The molecule has 0 spiro atoms. The molecule has 0 radical (unpaired) electrons. The standard InChI is InChI=1S/C19H20ClN7S/c20-17-13-23-19(22-10-9-15-6-5-11-28-25-12-15)26-18(17)27(21)14-24-16-7-3-1-2-4-8-16/h1-8,11-14,16H,9-10,21H2,(H,22,23,26)/b24-14-. The second kappa shape index (κ2) is 10.6. The summed E-state index contributed by atoms with van der Waals surface area (Å²) in [4.78, 5) is 13.0. The number of hydrazine groups is 1. The van der Waals surface area contributed by atoms with Crippen molar-refractivity contribution < 1.29 is 0 Å². The van der Waals surface area contributed by atoms with E-state index in [4.69, 9.17) is 17.4 Å². The Hall–Kier alpha value is -2.68. The summed E-state index contributed by atoms with van der Waals surface area (Å²) in [5.41, 5.74) is 1.12. The molecule has 144 valence electrons. The average molecular weight is 414 g/mol. The number of anilines is 2. The van der Waals surface area contributed by atoms with Gasteiger partial charge in [-0.25, -0.2) is 15.2 Å². The molecule has 7 nitrogen and oxygen atoms in total. The van der Waals surface area contributed by atoms with Gasteiger partial charge in [-0.1, -0.05) is 60.2 Å². The summed E-state index contributed by atoms with van der Waals surface area (Å²) >= 11 is 7.61. The summed E-state index contributed by atoms with van der Waals surface area (Å²) in [6, 6.07) is -0.0963. The first-order chi connectivity index (χ1) is 13.7. The van der Waals surface area contributed by atoms with Crippen molar-refractivity contribution in [2.24, 2.45) is 15.2 Å². The van der Waals surface area contributed by atoms with Crippen molar-refractivity contribution in [3.05, 3.63) is 70.8 Å². The molecular formula is C19H20ClN7S. The Kier molecular flexibility index (Phi) is 7.60. The van der Waals surface area contributed by atoms with Gasteiger partial charge in [0.2, 0.25) is 5.95 Å². The number of hydrogen-bond acceptors (Lipinski definition) is 7. The van der Waals surface area contributed by atoms with Gasteiger partial charge in [-0.2, -0.15) is 4.98 Å². The van der Waals surface area contributed by atoms with Crippen molar-refractivity contribution in [1.29, 1.82) is 0 Å². The van der Waals surface area contributed by atoms with E-state index in [0.29, 0.717) is 23.3 Å². The van der Waals surface area contributed by atoms with Crippen molar-refractivity contribution in [2.75, 3.05) is 16.9 Å². The third kappa shape index (κ3) is 6.19. The van der Waals surface area contributed by atoms with E-state index in [1.54, 1.807) is 0 Å². The molecule has 1 aromatic rings. The predicted octanol–water partition coefficient (Wildman–Crippen LogP) is 3.86.